The monoisotopic (exact) mass is 385 g/mol. The van der Waals surface area contributed by atoms with E-state index >= 15 is 0 Å². The Labute approximate surface area is 169 Å². The average molecular weight is 386 g/mol. The van der Waals surface area contributed by atoms with Crippen LogP contribution in [-0.4, -0.2) is 47.8 Å². The molecule has 0 aliphatic carbocycles. The largest absolute Gasteiger partial charge is 0.352 e. The molecule has 2 amide bonds. The van der Waals surface area contributed by atoms with Gasteiger partial charge in [-0.15, -0.1) is 0 Å². The third-order valence-corrected chi connectivity index (χ3v) is 5.94. The number of benzene rings is 1. The molecule has 1 N–H and O–H groups in total. The SMILES string of the molecule is CC(C)CN1CC(C(=O)NCc2ccc(CN3CCC(C)CC3)cc2)CC1=O. The number of amides is 2. The molecule has 2 fully saturated rings. The van der Waals surface area contributed by atoms with E-state index in [1.807, 2.05) is 4.90 Å². The van der Waals surface area contributed by atoms with Crippen molar-refractivity contribution in [1.82, 2.24) is 15.1 Å². The van der Waals surface area contributed by atoms with Gasteiger partial charge in [-0.25, -0.2) is 0 Å². The molecule has 5 heteroatoms. The summed E-state index contributed by atoms with van der Waals surface area (Å²) in [6.07, 6.45) is 2.93. The topological polar surface area (TPSA) is 52.7 Å². The normalized spacial score (nSPS) is 21.5. The Morgan fingerprint density at radius 1 is 1.14 bits per heavy atom. The van der Waals surface area contributed by atoms with Crippen LogP contribution >= 0.6 is 0 Å². The van der Waals surface area contributed by atoms with Crippen LogP contribution in [0.25, 0.3) is 0 Å². The number of carbonyl (C=O) groups is 2. The molecule has 1 aromatic rings. The van der Waals surface area contributed by atoms with E-state index in [0.717, 1.165) is 24.6 Å². The Kier molecular flexibility index (Phi) is 7.11. The minimum absolute atomic E-state index is 0.00822. The van der Waals surface area contributed by atoms with E-state index in [4.69, 9.17) is 0 Å². The Morgan fingerprint density at radius 3 is 2.43 bits per heavy atom. The summed E-state index contributed by atoms with van der Waals surface area (Å²) in [7, 11) is 0. The third-order valence-electron chi connectivity index (χ3n) is 5.94. The number of hydrogen-bond donors (Lipinski definition) is 1. The van der Waals surface area contributed by atoms with E-state index in [-0.39, 0.29) is 17.7 Å². The molecule has 2 saturated heterocycles. The lowest BCUT2D eigenvalue weighted by Gasteiger charge is -2.30. The molecule has 1 aromatic carbocycles. The molecule has 1 atom stereocenters. The van der Waals surface area contributed by atoms with Crippen molar-refractivity contribution in [3.05, 3.63) is 35.4 Å². The number of piperidine rings is 1. The summed E-state index contributed by atoms with van der Waals surface area (Å²) in [6, 6.07) is 8.55. The quantitative estimate of drug-likeness (QED) is 0.785. The fourth-order valence-corrected chi connectivity index (χ4v) is 4.14. The van der Waals surface area contributed by atoms with Gasteiger partial charge in [0.1, 0.15) is 0 Å². The summed E-state index contributed by atoms with van der Waals surface area (Å²) in [5, 5.41) is 3.01. The van der Waals surface area contributed by atoms with Gasteiger partial charge in [-0.3, -0.25) is 14.5 Å². The number of nitrogens with one attached hydrogen (secondary N) is 1. The Bertz CT molecular complexity index is 663. The number of nitrogens with zero attached hydrogens (tertiary/aromatic N) is 2. The second-order valence-corrected chi connectivity index (χ2v) is 9.09. The van der Waals surface area contributed by atoms with Crippen molar-refractivity contribution in [3.63, 3.8) is 0 Å². The summed E-state index contributed by atoms with van der Waals surface area (Å²) in [6.45, 7) is 11.7. The molecule has 1 unspecified atom stereocenters. The summed E-state index contributed by atoms with van der Waals surface area (Å²) in [4.78, 5) is 28.9. The van der Waals surface area contributed by atoms with Crippen molar-refractivity contribution in [2.75, 3.05) is 26.2 Å². The van der Waals surface area contributed by atoms with Crippen LogP contribution < -0.4 is 5.32 Å². The van der Waals surface area contributed by atoms with E-state index in [2.05, 4.69) is 55.3 Å². The average Bonchev–Trinajstić information content (AvgIpc) is 3.03. The molecule has 0 radical (unpaired) electrons. The highest BCUT2D eigenvalue weighted by atomic mass is 16.2. The van der Waals surface area contributed by atoms with Gasteiger partial charge in [0.2, 0.25) is 11.8 Å². The predicted octanol–water partition coefficient (Wildman–Crippen LogP) is 3.04. The lowest BCUT2D eigenvalue weighted by molar-refractivity contribution is -0.129. The summed E-state index contributed by atoms with van der Waals surface area (Å²) in [5.41, 5.74) is 2.43. The van der Waals surface area contributed by atoms with Gasteiger partial charge in [0.05, 0.1) is 5.92 Å². The van der Waals surface area contributed by atoms with Crippen molar-refractivity contribution >= 4 is 11.8 Å². The van der Waals surface area contributed by atoms with E-state index in [0.29, 0.717) is 25.4 Å². The first kappa shape index (κ1) is 20.8. The second kappa shape index (κ2) is 9.55. The van der Waals surface area contributed by atoms with Gasteiger partial charge in [0.15, 0.2) is 0 Å². The second-order valence-electron chi connectivity index (χ2n) is 9.09. The molecule has 154 valence electrons. The standard InChI is InChI=1S/C23H35N3O2/c1-17(2)14-26-16-21(12-22(26)27)23(28)24-13-19-4-6-20(7-5-19)15-25-10-8-18(3)9-11-25/h4-7,17-18,21H,8-16H2,1-3H3,(H,24,28). The van der Waals surface area contributed by atoms with Gasteiger partial charge in [-0.2, -0.15) is 0 Å². The zero-order valence-electron chi connectivity index (χ0n) is 17.6. The zero-order chi connectivity index (χ0) is 20.1. The maximum absolute atomic E-state index is 12.5. The van der Waals surface area contributed by atoms with Crippen molar-refractivity contribution in [3.8, 4) is 0 Å². The molecule has 2 heterocycles. The van der Waals surface area contributed by atoms with Crippen molar-refractivity contribution < 1.29 is 9.59 Å². The maximum atomic E-state index is 12.5. The smallest absolute Gasteiger partial charge is 0.225 e. The van der Waals surface area contributed by atoms with Crippen LogP contribution in [0, 0.1) is 17.8 Å². The third kappa shape index (κ3) is 5.81. The number of hydrogen-bond acceptors (Lipinski definition) is 3. The van der Waals surface area contributed by atoms with Gasteiger partial charge < -0.3 is 10.2 Å². The van der Waals surface area contributed by atoms with Crippen molar-refractivity contribution in [1.29, 1.82) is 0 Å². The fourth-order valence-electron chi connectivity index (χ4n) is 4.14. The van der Waals surface area contributed by atoms with E-state index in [1.165, 1.54) is 31.5 Å². The molecule has 5 nitrogen and oxygen atoms in total. The fraction of sp³-hybridized carbons (Fsp3) is 0.652. The molecule has 0 spiro atoms. The lowest BCUT2D eigenvalue weighted by Crippen LogP contribution is -2.33. The molecule has 2 aliphatic rings. The van der Waals surface area contributed by atoms with Crippen LogP contribution in [-0.2, 0) is 22.7 Å². The predicted molar refractivity (Wildman–Crippen MR) is 111 cm³/mol. The van der Waals surface area contributed by atoms with Gasteiger partial charge >= 0.3 is 0 Å². The minimum Gasteiger partial charge on any atom is -0.352 e. The van der Waals surface area contributed by atoms with Crippen LogP contribution in [0.3, 0.4) is 0 Å². The number of likely N-dealkylation sites (tertiary alicyclic amines) is 2. The van der Waals surface area contributed by atoms with Crippen LogP contribution in [0.5, 0.6) is 0 Å². The Hall–Kier alpha value is -1.88. The molecular weight excluding hydrogens is 350 g/mol. The van der Waals surface area contributed by atoms with Gasteiger partial charge in [0.25, 0.3) is 0 Å². The minimum atomic E-state index is -0.216. The molecule has 0 bridgehead atoms. The Morgan fingerprint density at radius 2 is 1.79 bits per heavy atom. The highest BCUT2D eigenvalue weighted by Gasteiger charge is 2.34. The van der Waals surface area contributed by atoms with E-state index < -0.39 is 0 Å². The summed E-state index contributed by atoms with van der Waals surface area (Å²) < 4.78 is 0. The zero-order valence-corrected chi connectivity index (χ0v) is 17.6. The highest BCUT2D eigenvalue weighted by Crippen LogP contribution is 2.20. The van der Waals surface area contributed by atoms with Gasteiger partial charge in [-0.05, 0) is 48.9 Å². The summed E-state index contributed by atoms with van der Waals surface area (Å²) in [5.74, 6) is 1.16. The summed E-state index contributed by atoms with van der Waals surface area (Å²) >= 11 is 0. The molecule has 3 rings (SSSR count). The highest BCUT2D eigenvalue weighted by molar-refractivity contribution is 5.89. The van der Waals surface area contributed by atoms with Crippen LogP contribution in [0.1, 0.15) is 51.2 Å². The van der Waals surface area contributed by atoms with Gasteiger partial charge in [-0.1, -0.05) is 45.0 Å². The van der Waals surface area contributed by atoms with E-state index in [1.54, 1.807) is 0 Å². The van der Waals surface area contributed by atoms with Crippen LogP contribution in [0.15, 0.2) is 24.3 Å². The first-order valence-electron chi connectivity index (χ1n) is 10.8. The molecule has 0 saturated carbocycles. The first-order chi connectivity index (χ1) is 13.4. The first-order valence-corrected chi connectivity index (χ1v) is 10.8. The molecule has 0 aromatic heterocycles. The van der Waals surface area contributed by atoms with Crippen molar-refractivity contribution in [2.45, 2.75) is 53.1 Å². The molecular formula is C23H35N3O2. The number of rotatable bonds is 7. The van der Waals surface area contributed by atoms with Gasteiger partial charge in [0, 0.05) is 32.6 Å². The Balaban J connectivity index is 1.43. The van der Waals surface area contributed by atoms with E-state index in [9.17, 15) is 9.59 Å². The maximum Gasteiger partial charge on any atom is 0.225 e. The van der Waals surface area contributed by atoms with Crippen LogP contribution in [0.2, 0.25) is 0 Å². The van der Waals surface area contributed by atoms with Crippen molar-refractivity contribution in [2.24, 2.45) is 17.8 Å². The van der Waals surface area contributed by atoms with Crippen LogP contribution in [0.4, 0.5) is 0 Å². The molecule has 28 heavy (non-hydrogen) atoms. The molecule has 2 aliphatic heterocycles. The number of carbonyl (C=O) groups excluding carboxylic acids is 2. The lowest BCUT2D eigenvalue weighted by atomic mass is 9.99.